The molecule has 2 amide bonds. The van der Waals surface area contributed by atoms with E-state index in [1.807, 2.05) is 6.92 Å². The molecule has 3 N–H and O–H groups in total. The minimum atomic E-state index is -0.242. The first kappa shape index (κ1) is 18.1. The summed E-state index contributed by atoms with van der Waals surface area (Å²) in [5, 5.41) is 9.27. The van der Waals surface area contributed by atoms with Crippen LogP contribution in [-0.4, -0.2) is 24.9 Å². The van der Waals surface area contributed by atoms with Crippen LogP contribution in [0.1, 0.15) is 17.3 Å². The Bertz CT molecular complexity index is 750. The number of halogens is 2. The van der Waals surface area contributed by atoms with E-state index in [1.54, 1.807) is 42.5 Å². The van der Waals surface area contributed by atoms with Crippen molar-refractivity contribution in [2.24, 2.45) is 0 Å². The van der Waals surface area contributed by atoms with Gasteiger partial charge in [0.2, 0.25) is 5.91 Å². The molecule has 0 saturated heterocycles. The Balaban J connectivity index is 1.93. The molecule has 2 aromatic carbocycles. The predicted molar refractivity (Wildman–Crippen MR) is 98.0 cm³/mol. The van der Waals surface area contributed by atoms with Crippen LogP contribution in [-0.2, 0) is 4.79 Å². The number of carbonyl (C=O) groups is 2. The molecule has 0 saturated carbocycles. The minimum absolute atomic E-state index is 0.0589. The Morgan fingerprint density at radius 2 is 1.79 bits per heavy atom. The summed E-state index contributed by atoms with van der Waals surface area (Å²) in [5.41, 5.74) is 1.74. The molecule has 0 aromatic heterocycles. The number of hydrogen-bond acceptors (Lipinski definition) is 3. The first-order chi connectivity index (χ1) is 11.5. The largest absolute Gasteiger partial charge is 0.376 e. The van der Waals surface area contributed by atoms with E-state index in [-0.39, 0.29) is 18.4 Å². The van der Waals surface area contributed by atoms with Crippen LogP contribution in [0.15, 0.2) is 42.5 Å². The summed E-state index contributed by atoms with van der Waals surface area (Å²) in [5.74, 6) is -0.420. The molecule has 2 aromatic rings. The van der Waals surface area contributed by atoms with Gasteiger partial charge in [-0.2, -0.15) is 0 Å². The first-order valence-electron chi connectivity index (χ1n) is 7.36. The van der Waals surface area contributed by atoms with Crippen molar-refractivity contribution >= 4 is 46.4 Å². The van der Waals surface area contributed by atoms with Crippen molar-refractivity contribution in [2.45, 2.75) is 6.92 Å². The lowest BCUT2D eigenvalue weighted by atomic mass is 10.2. The van der Waals surface area contributed by atoms with E-state index < -0.39 is 0 Å². The average Bonchev–Trinajstić information content (AvgIpc) is 2.56. The first-order valence-corrected chi connectivity index (χ1v) is 8.12. The third kappa shape index (κ3) is 5.15. The van der Waals surface area contributed by atoms with Crippen LogP contribution in [0.4, 0.5) is 11.4 Å². The minimum Gasteiger partial charge on any atom is -0.376 e. The molecule has 0 bridgehead atoms. The molecule has 7 heteroatoms. The Hall–Kier alpha value is -2.24. The van der Waals surface area contributed by atoms with Crippen LogP contribution < -0.4 is 16.0 Å². The molecule has 0 fully saturated rings. The van der Waals surface area contributed by atoms with Crippen LogP contribution in [0.3, 0.4) is 0 Å². The van der Waals surface area contributed by atoms with Gasteiger partial charge in [0.1, 0.15) is 0 Å². The molecule has 2 rings (SSSR count). The molecular weight excluding hydrogens is 349 g/mol. The highest BCUT2D eigenvalue weighted by Crippen LogP contribution is 2.24. The molecular formula is C17H17Cl2N3O2. The van der Waals surface area contributed by atoms with Crippen molar-refractivity contribution in [1.82, 2.24) is 5.32 Å². The molecule has 126 valence electrons. The maximum Gasteiger partial charge on any atom is 0.251 e. The third-order valence-electron chi connectivity index (χ3n) is 3.12. The summed E-state index contributed by atoms with van der Waals surface area (Å²) in [6.07, 6.45) is 0. The summed E-state index contributed by atoms with van der Waals surface area (Å²) in [6, 6.07) is 11.8. The second-order valence-electron chi connectivity index (χ2n) is 4.97. The normalized spacial score (nSPS) is 10.1. The van der Waals surface area contributed by atoms with Crippen LogP contribution in [0, 0.1) is 0 Å². The molecule has 24 heavy (non-hydrogen) atoms. The van der Waals surface area contributed by atoms with Crippen LogP contribution in [0.25, 0.3) is 0 Å². The molecule has 0 atom stereocenters. The number of anilines is 2. The molecule has 0 aliphatic carbocycles. The predicted octanol–water partition coefficient (Wildman–Crippen LogP) is 3.79. The van der Waals surface area contributed by atoms with E-state index in [0.717, 1.165) is 0 Å². The van der Waals surface area contributed by atoms with Gasteiger partial charge >= 0.3 is 0 Å². The number of amides is 2. The summed E-state index contributed by atoms with van der Waals surface area (Å²) in [6.45, 7) is 2.45. The zero-order valence-electron chi connectivity index (χ0n) is 13.0. The lowest BCUT2D eigenvalue weighted by Crippen LogP contribution is -2.24. The van der Waals surface area contributed by atoms with Crippen molar-refractivity contribution in [3.63, 3.8) is 0 Å². The van der Waals surface area contributed by atoms with E-state index in [4.69, 9.17) is 23.2 Å². The number of hydrogen-bond donors (Lipinski definition) is 3. The monoisotopic (exact) mass is 365 g/mol. The summed E-state index contributed by atoms with van der Waals surface area (Å²) in [7, 11) is 0. The van der Waals surface area contributed by atoms with Gasteiger partial charge in [-0.15, -0.1) is 0 Å². The van der Waals surface area contributed by atoms with Gasteiger partial charge < -0.3 is 16.0 Å². The van der Waals surface area contributed by atoms with Crippen molar-refractivity contribution in [2.75, 3.05) is 23.7 Å². The maximum absolute atomic E-state index is 12.0. The Labute approximate surface area is 150 Å². The number of nitrogens with one attached hydrogen (secondary N) is 3. The molecule has 0 spiro atoms. The number of rotatable bonds is 6. The topological polar surface area (TPSA) is 70.2 Å². The second kappa shape index (κ2) is 8.57. The summed E-state index contributed by atoms with van der Waals surface area (Å²) < 4.78 is 0. The summed E-state index contributed by atoms with van der Waals surface area (Å²) in [4.78, 5) is 23.8. The van der Waals surface area contributed by atoms with Gasteiger partial charge in [-0.25, -0.2) is 0 Å². The lowest BCUT2D eigenvalue weighted by molar-refractivity contribution is -0.114. The van der Waals surface area contributed by atoms with E-state index in [2.05, 4.69) is 16.0 Å². The van der Waals surface area contributed by atoms with E-state index >= 15 is 0 Å². The average molecular weight is 366 g/mol. The van der Waals surface area contributed by atoms with Crippen molar-refractivity contribution in [3.8, 4) is 0 Å². The molecule has 0 aliphatic heterocycles. The molecule has 0 heterocycles. The SMILES string of the molecule is CCNC(=O)c1cccc(NC(=O)CNc2ccc(Cl)c(Cl)c2)c1. The van der Waals surface area contributed by atoms with Gasteiger partial charge in [0, 0.05) is 23.5 Å². The highest BCUT2D eigenvalue weighted by atomic mass is 35.5. The Morgan fingerprint density at radius 1 is 1.00 bits per heavy atom. The fourth-order valence-electron chi connectivity index (χ4n) is 1.99. The van der Waals surface area contributed by atoms with Gasteiger partial charge in [0.15, 0.2) is 0 Å². The maximum atomic E-state index is 12.0. The van der Waals surface area contributed by atoms with Gasteiger partial charge in [0.25, 0.3) is 5.91 Å². The van der Waals surface area contributed by atoms with Gasteiger partial charge in [-0.05, 0) is 43.3 Å². The fraction of sp³-hybridized carbons (Fsp3) is 0.176. The Morgan fingerprint density at radius 3 is 2.50 bits per heavy atom. The molecule has 5 nitrogen and oxygen atoms in total. The van der Waals surface area contributed by atoms with Crippen LogP contribution in [0.5, 0.6) is 0 Å². The smallest absolute Gasteiger partial charge is 0.251 e. The second-order valence-corrected chi connectivity index (χ2v) is 5.79. The van der Waals surface area contributed by atoms with Crippen molar-refractivity contribution in [3.05, 3.63) is 58.1 Å². The van der Waals surface area contributed by atoms with E-state index in [9.17, 15) is 9.59 Å². The van der Waals surface area contributed by atoms with Gasteiger partial charge in [-0.3, -0.25) is 9.59 Å². The fourth-order valence-corrected chi connectivity index (χ4v) is 2.29. The van der Waals surface area contributed by atoms with Crippen molar-refractivity contribution < 1.29 is 9.59 Å². The molecule has 0 unspecified atom stereocenters. The molecule has 0 radical (unpaired) electrons. The van der Waals surface area contributed by atoms with Crippen molar-refractivity contribution in [1.29, 1.82) is 0 Å². The highest BCUT2D eigenvalue weighted by molar-refractivity contribution is 6.42. The van der Waals surface area contributed by atoms with E-state index in [1.165, 1.54) is 0 Å². The van der Waals surface area contributed by atoms with E-state index in [0.29, 0.717) is 33.5 Å². The van der Waals surface area contributed by atoms with Gasteiger partial charge in [0.05, 0.1) is 16.6 Å². The summed E-state index contributed by atoms with van der Waals surface area (Å²) >= 11 is 11.8. The van der Waals surface area contributed by atoms with Crippen LogP contribution in [0.2, 0.25) is 10.0 Å². The third-order valence-corrected chi connectivity index (χ3v) is 3.86. The van der Waals surface area contributed by atoms with Crippen LogP contribution >= 0.6 is 23.2 Å². The number of carbonyl (C=O) groups excluding carboxylic acids is 2. The molecule has 0 aliphatic rings. The standard InChI is InChI=1S/C17H17Cl2N3O2/c1-2-20-17(24)11-4-3-5-13(8-11)22-16(23)10-21-12-6-7-14(18)15(19)9-12/h3-9,21H,2,10H2,1H3,(H,20,24)(H,22,23). The Kier molecular flexibility index (Phi) is 6.46. The zero-order chi connectivity index (χ0) is 17.5. The quantitative estimate of drug-likeness (QED) is 0.729. The zero-order valence-corrected chi connectivity index (χ0v) is 14.5. The number of benzene rings is 2. The lowest BCUT2D eigenvalue weighted by Gasteiger charge is -2.09. The van der Waals surface area contributed by atoms with Gasteiger partial charge in [-0.1, -0.05) is 29.3 Å². The highest BCUT2D eigenvalue weighted by Gasteiger charge is 2.07.